The zero-order chi connectivity index (χ0) is 21.6. The summed E-state index contributed by atoms with van der Waals surface area (Å²) in [5.41, 5.74) is 3.46. The molecule has 4 rings (SSSR count). The van der Waals surface area contributed by atoms with E-state index in [1.165, 1.54) is 6.07 Å². The van der Waals surface area contributed by atoms with Gasteiger partial charge < -0.3 is 5.32 Å². The van der Waals surface area contributed by atoms with Crippen LogP contribution in [0.3, 0.4) is 0 Å². The number of hydrogen-bond acceptors (Lipinski definition) is 5. The van der Waals surface area contributed by atoms with E-state index >= 15 is 0 Å². The molecule has 0 aliphatic carbocycles. The van der Waals surface area contributed by atoms with Gasteiger partial charge in [-0.3, -0.25) is 14.5 Å². The van der Waals surface area contributed by atoms with Crippen molar-refractivity contribution in [3.63, 3.8) is 0 Å². The van der Waals surface area contributed by atoms with Crippen molar-refractivity contribution in [3.05, 3.63) is 95.8 Å². The van der Waals surface area contributed by atoms with Gasteiger partial charge in [-0.15, -0.1) is 0 Å². The molecule has 1 aromatic carbocycles. The van der Waals surface area contributed by atoms with Crippen molar-refractivity contribution < 1.29 is 9.18 Å². The number of hydrogen-bond donors (Lipinski definition) is 1. The van der Waals surface area contributed by atoms with Gasteiger partial charge >= 0.3 is 0 Å². The largest absolute Gasteiger partial charge is 0.350 e. The van der Waals surface area contributed by atoms with Gasteiger partial charge in [-0.05, 0) is 34.9 Å². The molecule has 3 aromatic heterocycles. The second-order valence-corrected chi connectivity index (χ2v) is 7.17. The lowest BCUT2D eigenvalue weighted by atomic mass is 10.0. The van der Waals surface area contributed by atoms with E-state index in [2.05, 4.69) is 25.4 Å². The highest BCUT2D eigenvalue weighted by Crippen LogP contribution is 2.21. The Labute approximate surface area is 179 Å². The van der Waals surface area contributed by atoms with Gasteiger partial charge in [0.15, 0.2) is 0 Å². The topological polar surface area (TPSA) is 85.6 Å². The molecule has 156 valence electrons. The molecule has 0 bridgehead atoms. The third-order valence-corrected chi connectivity index (χ3v) is 4.76. The first kappa shape index (κ1) is 20.3. The maximum atomic E-state index is 14.6. The quantitative estimate of drug-likeness (QED) is 0.501. The Morgan fingerprint density at radius 2 is 1.90 bits per heavy atom. The average Bonchev–Trinajstić information content (AvgIpc) is 3.19. The molecular weight excluding hydrogens is 395 g/mol. The second-order valence-electron chi connectivity index (χ2n) is 7.17. The summed E-state index contributed by atoms with van der Waals surface area (Å²) in [6.45, 7) is 0.308. The highest BCUT2D eigenvalue weighted by molar-refractivity contribution is 5.78. The maximum Gasteiger partial charge on any atom is 0.224 e. The smallest absolute Gasteiger partial charge is 0.224 e. The molecule has 8 heteroatoms. The number of carbonyl (C=O) groups excluding carboxylic acids is 1. The van der Waals surface area contributed by atoms with E-state index in [9.17, 15) is 9.18 Å². The standard InChI is InChI=1S/C23H21FN6O/c1-30-15-16(11-29-30)8-22-26-12-19(13-27-22)17-5-6-18(21(24)9-17)10-23(31)28-14-20-4-2-3-7-25-20/h2-7,9,11-13,15H,8,10,14H2,1H3,(H,28,31). The monoisotopic (exact) mass is 416 g/mol. The summed E-state index contributed by atoms with van der Waals surface area (Å²) in [4.78, 5) is 25.0. The first-order valence-corrected chi connectivity index (χ1v) is 9.80. The highest BCUT2D eigenvalue weighted by Gasteiger charge is 2.11. The van der Waals surface area contributed by atoms with Crippen LogP contribution in [-0.4, -0.2) is 30.6 Å². The maximum absolute atomic E-state index is 14.6. The van der Waals surface area contributed by atoms with E-state index in [0.29, 0.717) is 35.5 Å². The molecule has 0 aliphatic heterocycles. The van der Waals surface area contributed by atoms with E-state index < -0.39 is 5.82 Å². The van der Waals surface area contributed by atoms with Gasteiger partial charge in [0.1, 0.15) is 11.6 Å². The molecule has 0 unspecified atom stereocenters. The Morgan fingerprint density at radius 3 is 2.58 bits per heavy atom. The van der Waals surface area contributed by atoms with Crippen molar-refractivity contribution in [1.82, 2.24) is 30.0 Å². The Kier molecular flexibility index (Phi) is 6.07. The number of amides is 1. The predicted molar refractivity (Wildman–Crippen MR) is 113 cm³/mol. The fourth-order valence-electron chi connectivity index (χ4n) is 3.14. The molecule has 1 amide bonds. The van der Waals surface area contributed by atoms with Crippen LogP contribution in [0.2, 0.25) is 0 Å². The molecule has 0 saturated heterocycles. The van der Waals surface area contributed by atoms with Crippen molar-refractivity contribution in [2.75, 3.05) is 0 Å². The average molecular weight is 416 g/mol. The summed E-state index contributed by atoms with van der Waals surface area (Å²) in [6.07, 6.45) is 9.23. The van der Waals surface area contributed by atoms with Crippen LogP contribution in [0.25, 0.3) is 11.1 Å². The molecule has 0 fully saturated rings. The van der Waals surface area contributed by atoms with Gasteiger partial charge in [0.05, 0.1) is 24.9 Å². The van der Waals surface area contributed by atoms with E-state index in [0.717, 1.165) is 11.3 Å². The fourth-order valence-corrected chi connectivity index (χ4v) is 3.14. The van der Waals surface area contributed by atoms with E-state index in [1.54, 1.807) is 41.6 Å². The second kappa shape index (κ2) is 9.25. The lowest BCUT2D eigenvalue weighted by Gasteiger charge is -2.08. The molecule has 0 saturated carbocycles. The molecule has 0 radical (unpaired) electrons. The third kappa shape index (κ3) is 5.36. The van der Waals surface area contributed by atoms with Gasteiger partial charge in [-0.1, -0.05) is 18.2 Å². The van der Waals surface area contributed by atoms with Crippen molar-refractivity contribution in [2.45, 2.75) is 19.4 Å². The van der Waals surface area contributed by atoms with Crippen LogP contribution < -0.4 is 5.32 Å². The van der Waals surface area contributed by atoms with Crippen LogP contribution >= 0.6 is 0 Å². The molecule has 4 aromatic rings. The third-order valence-electron chi connectivity index (χ3n) is 4.76. The zero-order valence-electron chi connectivity index (χ0n) is 17.0. The van der Waals surface area contributed by atoms with Crippen LogP contribution in [-0.2, 0) is 31.2 Å². The summed E-state index contributed by atoms with van der Waals surface area (Å²) < 4.78 is 16.3. The Balaban J connectivity index is 1.38. The molecule has 7 nitrogen and oxygen atoms in total. The highest BCUT2D eigenvalue weighted by atomic mass is 19.1. The lowest BCUT2D eigenvalue weighted by molar-refractivity contribution is -0.120. The number of nitrogens with zero attached hydrogens (tertiary/aromatic N) is 5. The Bertz CT molecular complexity index is 1170. The summed E-state index contributed by atoms with van der Waals surface area (Å²) >= 11 is 0. The molecule has 31 heavy (non-hydrogen) atoms. The molecule has 1 N–H and O–H groups in total. The number of aryl methyl sites for hydroxylation is 1. The number of halogens is 1. The number of carbonyl (C=O) groups is 1. The number of nitrogens with one attached hydrogen (secondary N) is 1. The van der Waals surface area contributed by atoms with E-state index in [-0.39, 0.29) is 12.3 Å². The van der Waals surface area contributed by atoms with Crippen LogP contribution in [0.1, 0.15) is 22.6 Å². The normalized spacial score (nSPS) is 10.8. The van der Waals surface area contributed by atoms with Crippen LogP contribution in [0.4, 0.5) is 4.39 Å². The summed E-state index contributed by atoms with van der Waals surface area (Å²) in [7, 11) is 1.86. The molecule has 3 heterocycles. The van der Waals surface area contributed by atoms with E-state index in [1.807, 2.05) is 31.4 Å². The number of aromatic nitrogens is 5. The molecule has 0 spiro atoms. The molecule has 0 atom stereocenters. The van der Waals surface area contributed by atoms with Crippen molar-refractivity contribution in [2.24, 2.45) is 7.05 Å². The first-order valence-electron chi connectivity index (χ1n) is 9.80. The van der Waals surface area contributed by atoms with Crippen molar-refractivity contribution in [3.8, 4) is 11.1 Å². The zero-order valence-corrected chi connectivity index (χ0v) is 17.0. The van der Waals surface area contributed by atoms with Crippen LogP contribution in [0.15, 0.2) is 67.4 Å². The van der Waals surface area contributed by atoms with Gasteiger partial charge in [0.25, 0.3) is 0 Å². The Hall–Kier alpha value is -3.94. The van der Waals surface area contributed by atoms with Gasteiger partial charge in [0, 0.05) is 43.8 Å². The summed E-state index contributed by atoms with van der Waals surface area (Å²) in [6, 6.07) is 10.3. The minimum Gasteiger partial charge on any atom is -0.350 e. The number of benzene rings is 1. The first-order chi connectivity index (χ1) is 15.1. The summed E-state index contributed by atoms with van der Waals surface area (Å²) in [5.74, 6) is -0.0382. The van der Waals surface area contributed by atoms with Gasteiger partial charge in [-0.2, -0.15) is 5.10 Å². The number of rotatable bonds is 7. The van der Waals surface area contributed by atoms with Gasteiger partial charge in [-0.25, -0.2) is 14.4 Å². The lowest BCUT2D eigenvalue weighted by Crippen LogP contribution is -2.25. The predicted octanol–water partition coefficient (Wildman–Crippen LogP) is 2.86. The Morgan fingerprint density at radius 1 is 1.06 bits per heavy atom. The van der Waals surface area contributed by atoms with Crippen molar-refractivity contribution in [1.29, 1.82) is 0 Å². The fraction of sp³-hybridized carbons (Fsp3) is 0.174. The van der Waals surface area contributed by atoms with Crippen LogP contribution in [0.5, 0.6) is 0 Å². The van der Waals surface area contributed by atoms with E-state index in [4.69, 9.17) is 0 Å². The number of pyridine rings is 1. The molecular formula is C23H21FN6O. The van der Waals surface area contributed by atoms with Crippen LogP contribution in [0, 0.1) is 5.82 Å². The SMILES string of the molecule is Cn1cc(Cc2ncc(-c3ccc(CC(=O)NCc4ccccn4)c(F)c3)cn2)cn1. The van der Waals surface area contributed by atoms with Gasteiger partial charge in [0.2, 0.25) is 5.91 Å². The molecule has 0 aliphatic rings. The minimum atomic E-state index is -0.440. The summed E-state index contributed by atoms with van der Waals surface area (Å²) in [5, 5.41) is 6.89. The minimum absolute atomic E-state index is 0.0422. The van der Waals surface area contributed by atoms with Crippen molar-refractivity contribution >= 4 is 5.91 Å².